The van der Waals surface area contributed by atoms with Crippen molar-refractivity contribution in [1.29, 1.82) is 0 Å². The highest BCUT2D eigenvalue weighted by atomic mass is 15.3. The van der Waals surface area contributed by atoms with Crippen LogP contribution in [0, 0.1) is 17.8 Å². The Hall–Kier alpha value is -2.06. The van der Waals surface area contributed by atoms with E-state index in [1.54, 1.807) is 6.20 Å². The van der Waals surface area contributed by atoms with Crippen LogP contribution in [-0.2, 0) is 0 Å². The van der Waals surface area contributed by atoms with Crippen LogP contribution >= 0.6 is 0 Å². The minimum absolute atomic E-state index is 0.312. The molecule has 2 aliphatic carbocycles. The maximum absolute atomic E-state index is 5.99. The van der Waals surface area contributed by atoms with Gasteiger partial charge >= 0.3 is 0 Å². The second-order valence-corrected chi connectivity index (χ2v) is 6.09. The third-order valence-electron chi connectivity index (χ3n) is 4.17. The van der Waals surface area contributed by atoms with Crippen molar-refractivity contribution in [3.8, 4) is 11.8 Å². The molecule has 2 aliphatic rings. The molecule has 5 heteroatoms. The van der Waals surface area contributed by atoms with Crippen LogP contribution < -0.4 is 11.1 Å². The molecule has 0 unspecified atom stereocenters. The average molecular weight is 281 g/mol. The van der Waals surface area contributed by atoms with Crippen LogP contribution in [-0.4, -0.2) is 26.7 Å². The molecule has 2 aromatic heterocycles. The number of hydrogen-bond donors (Lipinski definition) is 2. The average Bonchev–Trinajstić information content (AvgIpc) is 3.02. The van der Waals surface area contributed by atoms with Gasteiger partial charge in [0.1, 0.15) is 11.5 Å². The van der Waals surface area contributed by atoms with Crippen LogP contribution in [0.2, 0.25) is 0 Å². The van der Waals surface area contributed by atoms with E-state index < -0.39 is 0 Å². The number of nitrogens with two attached hydrogens (primary N) is 1. The SMILES string of the molecule is N[C@H]1CC[C@H](Nc2cc(C#CC3CC3)nc3ccnn23)C1. The largest absolute Gasteiger partial charge is 0.367 e. The van der Waals surface area contributed by atoms with E-state index in [1.807, 2.05) is 16.6 Å². The van der Waals surface area contributed by atoms with Crippen LogP contribution in [0.25, 0.3) is 5.65 Å². The fourth-order valence-electron chi connectivity index (χ4n) is 2.84. The number of hydrogen-bond acceptors (Lipinski definition) is 4. The molecule has 5 nitrogen and oxygen atoms in total. The molecule has 0 aromatic carbocycles. The zero-order valence-electron chi connectivity index (χ0n) is 11.9. The van der Waals surface area contributed by atoms with Crippen molar-refractivity contribution in [2.24, 2.45) is 11.7 Å². The topological polar surface area (TPSA) is 68.2 Å². The highest BCUT2D eigenvalue weighted by molar-refractivity contribution is 5.53. The van der Waals surface area contributed by atoms with Crippen molar-refractivity contribution in [2.75, 3.05) is 5.32 Å². The molecule has 0 bridgehead atoms. The molecule has 2 fully saturated rings. The lowest BCUT2D eigenvalue weighted by molar-refractivity contribution is 0.684. The van der Waals surface area contributed by atoms with Crippen LogP contribution in [0.15, 0.2) is 18.3 Å². The Morgan fingerprint density at radius 3 is 2.95 bits per heavy atom. The summed E-state index contributed by atoms with van der Waals surface area (Å²) in [7, 11) is 0. The smallest absolute Gasteiger partial charge is 0.158 e. The predicted molar refractivity (Wildman–Crippen MR) is 81.8 cm³/mol. The Bertz CT molecular complexity index is 719. The summed E-state index contributed by atoms with van der Waals surface area (Å²) < 4.78 is 1.84. The molecular formula is C16H19N5. The quantitative estimate of drug-likeness (QED) is 0.823. The molecule has 3 N–H and O–H groups in total. The summed E-state index contributed by atoms with van der Waals surface area (Å²) in [6, 6.07) is 4.64. The molecule has 0 amide bonds. The number of fused-ring (bicyclic) bond motifs is 1. The molecule has 2 heterocycles. The van der Waals surface area contributed by atoms with Gasteiger partial charge in [-0.15, -0.1) is 0 Å². The third kappa shape index (κ3) is 2.72. The lowest BCUT2D eigenvalue weighted by Crippen LogP contribution is -2.22. The summed E-state index contributed by atoms with van der Waals surface area (Å²) in [6.45, 7) is 0. The van der Waals surface area contributed by atoms with E-state index in [4.69, 9.17) is 5.73 Å². The molecule has 108 valence electrons. The fourth-order valence-corrected chi connectivity index (χ4v) is 2.84. The lowest BCUT2D eigenvalue weighted by atomic mass is 10.2. The van der Waals surface area contributed by atoms with Gasteiger partial charge in [0.05, 0.1) is 6.20 Å². The van der Waals surface area contributed by atoms with Crippen LogP contribution in [0.3, 0.4) is 0 Å². The minimum Gasteiger partial charge on any atom is -0.367 e. The normalized spacial score (nSPS) is 24.8. The second kappa shape index (κ2) is 5.05. The van der Waals surface area contributed by atoms with Gasteiger partial charge in [-0.2, -0.15) is 9.61 Å². The molecule has 0 spiro atoms. The summed E-state index contributed by atoms with van der Waals surface area (Å²) in [5, 5.41) is 7.90. The van der Waals surface area contributed by atoms with Gasteiger partial charge < -0.3 is 11.1 Å². The second-order valence-electron chi connectivity index (χ2n) is 6.09. The van der Waals surface area contributed by atoms with Gasteiger partial charge in [0.15, 0.2) is 5.65 Å². The third-order valence-corrected chi connectivity index (χ3v) is 4.17. The number of aromatic nitrogens is 3. The van der Waals surface area contributed by atoms with Crippen molar-refractivity contribution in [3.63, 3.8) is 0 Å². The zero-order valence-corrected chi connectivity index (χ0v) is 11.9. The molecule has 2 atom stereocenters. The first-order chi connectivity index (χ1) is 10.3. The monoisotopic (exact) mass is 281 g/mol. The first-order valence-corrected chi connectivity index (χ1v) is 7.66. The zero-order chi connectivity index (χ0) is 14.2. The number of rotatable bonds is 2. The Morgan fingerprint density at radius 1 is 1.29 bits per heavy atom. The molecule has 0 saturated heterocycles. The summed E-state index contributed by atoms with van der Waals surface area (Å²) in [5.41, 5.74) is 7.65. The summed E-state index contributed by atoms with van der Waals surface area (Å²) >= 11 is 0. The molecule has 2 saturated carbocycles. The molecule has 0 radical (unpaired) electrons. The molecule has 2 aromatic rings. The number of nitrogens with zero attached hydrogens (tertiary/aromatic N) is 3. The van der Waals surface area contributed by atoms with Gasteiger partial charge in [-0.05, 0) is 38.0 Å². The maximum atomic E-state index is 5.99. The van der Waals surface area contributed by atoms with Gasteiger partial charge in [-0.1, -0.05) is 5.92 Å². The van der Waals surface area contributed by atoms with Gasteiger partial charge in [0.2, 0.25) is 0 Å². The minimum atomic E-state index is 0.312. The maximum Gasteiger partial charge on any atom is 0.158 e. The molecule has 4 rings (SSSR count). The summed E-state index contributed by atoms with van der Waals surface area (Å²) in [6.07, 6.45) is 7.43. The van der Waals surface area contributed by atoms with E-state index >= 15 is 0 Å². The Morgan fingerprint density at radius 2 is 2.19 bits per heavy atom. The van der Waals surface area contributed by atoms with E-state index in [-0.39, 0.29) is 0 Å². The molecule has 0 aliphatic heterocycles. The highest BCUT2D eigenvalue weighted by Crippen LogP contribution is 2.27. The van der Waals surface area contributed by atoms with Crippen molar-refractivity contribution in [3.05, 3.63) is 24.0 Å². The lowest BCUT2D eigenvalue weighted by Gasteiger charge is -2.15. The summed E-state index contributed by atoms with van der Waals surface area (Å²) in [5.74, 6) is 8.01. The van der Waals surface area contributed by atoms with E-state index in [1.165, 1.54) is 12.8 Å². The van der Waals surface area contributed by atoms with Crippen LogP contribution in [0.4, 0.5) is 5.82 Å². The van der Waals surface area contributed by atoms with Gasteiger partial charge in [0.25, 0.3) is 0 Å². The standard InChI is InChI=1S/C16H19N5/c17-12-4-6-13(9-12)20-16-10-14(5-3-11-1-2-11)19-15-7-8-18-21(15)16/h7-8,10-13,20H,1-2,4,6,9,17H2/t12-,13-/m0/s1. The predicted octanol–water partition coefficient (Wildman–Crippen LogP) is 1.78. The first kappa shape index (κ1) is 12.7. The van der Waals surface area contributed by atoms with Gasteiger partial charge in [-0.3, -0.25) is 0 Å². The van der Waals surface area contributed by atoms with Crippen molar-refractivity contribution in [1.82, 2.24) is 14.6 Å². The van der Waals surface area contributed by atoms with Crippen LogP contribution in [0.1, 0.15) is 37.8 Å². The first-order valence-electron chi connectivity index (χ1n) is 7.66. The molecular weight excluding hydrogens is 262 g/mol. The Kier molecular flexibility index (Phi) is 3.04. The van der Waals surface area contributed by atoms with Gasteiger partial charge in [-0.25, -0.2) is 4.98 Å². The highest BCUT2D eigenvalue weighted by Gasteiger charge is 2.22. The molecule has 21 heavy (non-hydrogen) atoms. The van der Waals surface area contributed by atoms with Crippen molar-refractivity contribution in [2.45, 2.75) is 44.2 Å². The van der Waals surface area contributed by atoms with Crippen LogP contribution in [0.5, 0.6) is 0 Å². The number of nitrogens with one attached hydrogen (secondary N) is 1. The van der Waals surface area contributed by atoms with Crippen molar-refractivity contribution >= 4 is 11.5 Å². The van der Waals surface area contributed by atoms with E-state index in [0.717, 1.165) is 36.4 Å². The van der Waals surface area contributed by atoms with E-state index in [9.17, 15) is 0 Å². The Balaban J connectivity index is 1.65. The van der Waals surface area contributed by atoms with E-state index in [2.05, 4.69) is 27.2 Å². The summed E-state index contributed by atoms with van der Waals surface area (Å²) in [4.78, 5) is 4.55. The van der Waals surface area contributed by atoms with E-state index in [0.29, 0.717) is 18.0 Å². The number of anilines is 1. The van der Waals surface area contributed by atoms with Crippen molar-refractivity contribution < 1.29 is 0 Å². The Labute approximate surface area is 123 Å². The van der Waals surface area contributed by atoms with Gasteiger partial charge in [0, 0.05) is 30.1 Å². The fraction of sp³-hybridized carbons (Fsp3) is 0.500.